The molecule has 2 aromatic rings. The molecule has 0 atom stereocenters. The summed E-state index contributed by atoms with van der Waals surface area (Å²) in [5, 5.41) is 3.47. The Morgan fingerprint density at radius 3 is 2.67 bits per heavy atom. The lowest BCUT2D eigenvalue weighted by Gasteiger charge is -2.09. The number of aromatic nitrogens is 3. The van der Waals surface area contributed by atoms with Gasteiger partial charge in [0.15, 0.2) is 0 Å². The molecule has 0 fully saturated rings. The van der Waals surface area contributed by atoms with Crippen LogP contribution in [0.25, 0.3) is 11.0 Å². The molecule has 0 bridgehead atoms. The van der Waals surface area contributed by atoms with Gasteiger partial charge in [-0.3, -0.25) is 0 Å². The minimum absolute atomic E-state index is 0.202. The van der Waals surface area contributed by atoms with Crippen LogP contribution in [0.4, 0.5) is 19.0 Å². The average molecular weight is 258 g/mol. The van der Waals surface area contributed by atoms with Crippen molar-refractivity contribution in [1.29, 1.82) is 0 Å². The number of aromatic amines is 1. The average Bonchev–Trinajstić information content (AvgIpc) is 2.64. The summed E-state index contributed by atoms with van der Waals surface area (Å²) in [5.74, 6) is -0.908. The van der Waals surface area contributed by atoms with Gasteiger partial charge >= 0.3 is 6.18 Å². The van der Waals surface area contributed by atoms with Gasteiger partial charge in [-0.15, -0.1) is 0 Å². The molecule has 0 saturated heterocycles. The fourth-order valence-corrected chi connectivity index (χ4v) is 1.65. The van der Waals surface area contributed by atoms with E-state index in [1.807, 2.05) is 6.92 Å². The van der Waals surface area contributed by atoms with Crippen LogP contribution >= 0.6 is 0 Å². The van der Waals surface area contributed by atoms with Crippen LogP contribution in [0.15, 0.2) is 6.07 Å². The molecule has 2 heterocycles. The third kappa shape index (κ3) is 2.39. The van der Waals surface area contributed by atoms with Gasteiger partial charge in [0.25, 0.3) is 0 Å². The maximum atomic E-state index is 12.7. The molecule has 0 spiro atoms. The van der Waals surface area contributed by atoms with Crippen molar-refractivity contribution in [2.24, 2.45) is 0 Å². The van der Waals surface area contributed by atoms with Crippen LogP contribution in [-0.2, 0) is 6.18 Å². The number of anilines is 1. The van der Waals surface area contributed by atoms with Crippen molar-refractivity contribution < 1.29 is 13.2 Å². The molecule has 2 rings (SSSR count). The van der Waals surface area contributed by atoms with Crippen molar-refractivity contribution >= 4 is 16.9 Å². The second-order valence-electron chi connectivity index (χ2n) is 4.03. The van der Waals surface area contributed by atoms with Crippen molar-refractivity contribution in [2.45, 2.75) is 26.4 Å². The summed E-state index contributed by atoms with van der Waals surface area (Å²) in [6.07, 6.45) is -3.74. The van der Waals surface area contributed by atoms with E-state index < -0.39 is 12.0 Å². The van der Waals surface area contributed by atoms with Gasteiger partial charge < -0.3 is 10.3 Å². The van der Waals surface area contributed by atoms with Gasteiger partial charge in [0.05, 0.1) is 5.39 Å². The van der Waals surface area contributed by atoms with Crippen LogP contribution < -0.4 is 5.32 Å². The predicted molar refractivity (Wildman–Crippen MR) is 62.4 cm³/mol. The topological polar surface area (TPSA) is 53.6 Å². The molecule has 0 saturated carbocycles. The van der Waals surface area contributed by atoms with Crippen LogP contribution in [0.3, 0.4) is 0 Å². The Morgan fingerprint density at radius 1 is 1.33 bits per heavy atom. The molecule has 0 aliphatic rings. The second kappa shape index (κ2) is 4.47. The lowest BCUT2D eigenvalue weighted by molar-refractivity contribution is -0.144. The standard InChI is InChI=1S/C11H13F3N4/c1-3-4-15-8-7-5-6(2)16-9(7)18-10(17-8)11(12,13)14/h5H,3-4H2,1-2H3,(H2,15,16,17,18). The quantitative estimate of drug-likeness (QED) is 0.889. The summed E-state index contributed by atoms with van der Waals surface area (Å²) in [6, 6.07) is 1.73. The third-order valence-electron chi connectivity index (χ3n) is 2.42. The minimum atomic E-state index is -4.55. The first-order chi connectivity index (χ1) is 8.41. The summed E-state index contributed by atoms with van der Waals surface area (Å²) in [7, 11) is 0. The Morgan fingerprint density at radius 2 is 2.06 bits per heavy atom. The fraction of sp³-hybridized carbons (Fsp3) is 0.455. The summed E-state index contributed by atoms with van der Waals surface area (Å²) in [6.45, 7) is 4.25. The van der Waals surface area contributed by atoms with E-state index in [2.05, 4.69) is 20.3 Å². The van der Waals surface area contributed by atoms with Gasteiger partial charge in [-0.05, 0) is 19.4 Å². The van der Waals surface area contributed by atoms with Gasteiger partial charge in [0.1, 0.15) is 11.5 Å². The maximum absolute atomic E-state index is 12.7. The van der Waals surface area contributed by atoms with E-state index in [1.165, 1.54) is 0 Å². The number of nitrogens with zero attached hydrogens (tertiary/aromatic N) is 2. The lowest BCUT2D eigenvalue weighted by Crippen LogP contribution is -2.13. The normalized spacial score (nSPS) is 12.1. The summed E-state index contributed by atoms with van der Waals surface area (Å²) >= 11 is 0. The molecule has 0 aromatic carbocycles. The molecule has 0 amide bonds. The zero-order valence-electron chi connectivity index (χ0n) is 10.0. The van der Waals surface area contributed by atoms with Gasteiger partial charge in [0.2, 0.25) is 5.82 Å². The van der Waals surface area contributed by atoms with Crippen molar-refractivity contribution in [3.63, 3.8) is 0 Å². The van der Waals surface area contributed by atoms with Crippen LogP contribution in [0.1, 0.15) is 24.9 Å². The first kappa shape index (κ1) is 12.7. The molecule has 0 unspecified atom stereocenters. The molecule has 7 heteroatoms. The summed E-state index contributed by atoms with van der Waals surface area (Å²) in [5.41, 5.74) is 0.951. The number of aryl methyl sites for hydroxylation is 1. The number of fused-ring (bicyclic) bond motifs is 1. The molecule has 4 nitrogen and oxygen atoms in total. The number of hydrogen-bond acceptors (Lipinski definition) is 3. The Labute approximate surface area is 102 Å². The number of H-pyrrole nitrogens is 1. The van der Waals surface area contributed by atoms with Crippen molar-refractivity contribution in [3.05, 3.63) is 17.6 Å². The largest absolute Gasteiger partial charge is 0.451 e. The van der Waals surface area contributed by atoms with E-state index in [9.17, 15) is 13.2 Å². The smallest absolute Gasteiger partial charge is 0.369 e. The van der Waals surface area contributed by atoms with E-state index in [0.717, 1.165) is 12.1 Å². The van der Waals surface area contributed by atoms with E-state index in [-0.39, 0.29) is 11.5 Å². The van der Waals surface area contributed by atoms with E-state index in [0.29, 0.717) is 11.9 Å². The van der Waals surface area contributed by atoms with Crippen LogP contribution in [0, 0.1) is 6.92 Å². The fourth-order valence-electron chi connectivity index (χ4n) is 1.65. The molecule has 0 aliphatic heterocycles. The van der Waals surface area contributed by atoms with Crippen molar-refractivity contribution in [3.8, 4) is 0 Å². The highest BCUT2D eigenvalue weighted by molar-refractivity contribution is 5.87. The van der Waals surface area contributed by atoms with Crippen molar-refractivity contribution in [2.75, 3.05) is 11.9 Å². The van der Waals surface area contributed by atoms with Gasteiger partial charge in [-0.2, -0.15) is 13.2 Å². The van der Waals surface area contributed by atoms with E-state index in [1.54, 1.807) is 13.0 Å². The Bertz CT molecular complexity index is 559. The zero-order valence-corrected chi connectivity index (χ0v) is 10.0. The summed E-state index contributed by atoms with van der Waals surface area (Å²) in [4.78, 5) is 9.86. The molecule has 0 aliphatic carbocycles. The van der Waals surface area contributed by atoms with E-state index >= 15 is 0 Å². The molecule has 2 aromatic heterocycles. The molecular weight excluding hydrogens is 245 g/mol. The Kier molecular flexibility index (Phi) is 3.14. The van der Waals surface area contributed by atoms with Crippen molar-refractivity contribution in [1.82, 2.24) is 15.0 Å². The SMILES string of the molecule is CCCNc1nc(C(F)(F)F)nc2[nH]c(C)cc12. The number of hydrogen-bond donors (Lipinski definition) is 2. The first-order valence-electron chi connectivity index (χ1n) is 5.60. The summed E-state index contributed by atoms with van der Waals surface area (Å²) < 4.78 is 38.0. The predicted octanol–water partition coefficient (Wildman–Crippen LogP) is 3.11. The minimum Gasteiger partial charge on any atom is -0.369 e. The van der Waals surface area contributed by atoms with Crippen LogP contribution in [-0.4, -0.2) is 21.5 Å². The molecule has 0 radical (unpaired) electrons. The molecule has 18 heavy (non-hydrogen) atoms. The second-order valence-corrected chi connectivity index (χ2v) is 4.03. The van der Waals surface area contributed by atoms with Crippen LogP contribution in [0.2, 0.25) is 0 Å². The van der Waals surface area contributed by atoms with Gasteiger partial charge in [-0.1, -0.05) is 6.92 Å². The highest BCUT2D eigenvalue weighted by Crippen LogP contribution is 2.30. The van der Waals surface area contributed by atoms with Gasteiger partial charge in [0, 0.05) is 12.2 Å². The maximum Gasteiger partial charge on any atom is 0.451 e. The highest BCUT2D eigenvalue weighted by atomic mass is 19.4. The molecule has 98 valence electrons. The first-order valence-corrected chi connectivity index (χ1v) is 5.60. The number of alkyl halides is 3. The Balaban J connectivity index is 2.56. The van der Waals surface area contributed by atoms with Gasteiger partial charge in [-0.25, -0.2) is 9.97 Å². The highest BCUT2D eigenvalue weighted by Gasteiger charge is 2.35. The Hall–Kier alpha value is -1.79. The number of rotatable bonds is 3. The third-order valence-corrected chi connectivity index (χ3v) is 2.42. The monoisotopic (exact) mass is 258 g/mol. The number of nitrogens with one attached hydrogen (secondary N) is 2. The lowest BCUT2D eigenvalue weighted by atomic mass is 10.3. The number of halogens is 3. The molecular formula is C11H13F3N4. The van der Waals surface area contributed by atoms with E-state index in [4.69, 9.17) is 0 Å². The van der Waals surface area contributed by atoms with Crippen LogP contribution in [0.5, 0.6) is 0 Å². The zero-order chi connectivity index (χ0) is 13.3. The molecule has 2 N–H and O–H groups in total.